The Morgan fingerprint density at radius 3 is 2.11 bits per heavy atom. The van der Waals surface area contributed by atoms with Crippen LogP contribution in [0.25, 0.3) is 11.1 Å². The summed E-state index contributed by atoms with van der Waals surface area (Å²) in [6.45, 7) is 10.3. The van der Waals surface area contributed by atoms with Gasteiger partial charge in [0.05, 0.1) is 0 Å². The van der Waals surface area contributed by atoms with Crippen LogP contribution >= 0.6 is 0 Å². The zero-order chi connectivity index (χ0) is 13.0. The molecule has 0 bridgehead atoms. The van der Waals surface area contributed by atoms with Crippen LogP contribution in [0.5, 0.6) is 0 Å². The van der Waals surface area contributed by atoms with E-state index >= 15 is 0 Å². The molecule has 1 aliphatic carbocycles. The van der Waals surface area contributed by atoms with Crippen molar-refractivity contribution in [2.75, 3.05) is 0 Å². The third kappa shape index (κ3) is 3.35. The summed E-state index contributed by atoms with van der Waals surface area (Å²) in [5, 5.41) is 0. The second kappa shape index (κ2) is 6.04. The Bertz CT molecular complexity index is 416. The maximum atomic E-state index is 4.27. The van der Waals surface area contributed by atoms with Crippen LogP contribution in [0.2, 0.25) is 0 Å². The zero-order valence-electron chi connectivity index (χ0n) is 11.5. The van der Waals surface area contributed by atoms with Gasteiger partial charge in [-0.05, 0) is 36.0 Å². The highest BCUT2D eigenvalue weighted by molar-refractivity contribution is 5.67. The summed E-state index contributed by atoms with van der Waals surface area (Å²) in [5.74, 6) is 0.868. The molecule has 0 atom stereocenters. The molecule has 0 aromatic heterocycles. The molecule has 1 saturated carbocycles. The van der Waals surface area contributed by atoms with Gasteiger partial charge < -0.3 is 0 Å². The molecule has 0 heterocycles. The minimum atomic E-state index is 0.868. The Kier molecular flexibility index (Phi) is 4.41. The Morgan fingerprint density at radius 1 is 1.00 bits per heavy atom. The highest BCUT2D eigenvalue weighted by atomic mass is 14.2. The molecule has 0 N–H and O–H groups in total. The fraction of sp³-hybridized carbons (Fsp3) is 0.444. The summed E-state index contributed by atoms with van der Waals surface area (Å²) in [7, 11) is 0. The quantitative estimate of drug-likeness (QED) is 0.633. The lowest BCUT2D eigenvalue weighted by atomic mass is 9.83. The molecule has 0 amide bonds. The molecule has 0 nitrogen and oxygen atoms in total. The lowest BCUT2D eigenvalue weighted by Gasteiger charge is -2.22. The van der Waals surface area contributed by atoms with Crippen molar-refractivity contribution in [3.05, 3.63) is 48.6 Å². The Labute approximate surface area is 111 Å². The summed E-state index contributed by atoms with van der Waals surface area (Å²) in [6.07, 6.45) is 8.20. The highest BCUT2D eigenvalue weighted by Gasteiger charge is 2.14. The van der Waals surface area contributed by atoms with Crippen molar-refractivity contribution in [1.29, 1.82) is 0 Å². The molecule has 0 spiro atoms. The van der Waals surface area contributed by atoms with E-state index in [4.69, 9.17) is 0 Å². The highest BCUT2D eigenvalue weighted by Crippen LogP contribution is 2.31. The fourth-order valence-electron chi connectivity index (χ4n) is 2.85. The molecule has 0 heteroatoms. The van der Waals surface area contributed by atoms with Crippen LogP contribution in [0.15, 0.2) is 37.4 Å². The van der Waals surface area contributed by atoms with E-state index in [1.54, 1.807) is 0 Å². The lowest BCUT2D eigenvalue weighted by molar-refractivity contribution is 0.365. The maximum Gasteiger partial charge on any atom is -0.0230 e. The van der Waals surface area contributed by atoms with Gasteiger partial charge in [0.15, 0.2) is 0 Å². The topological polar surface area (TPSA) is 0 Å². The van der Waals surface area contributed by atoms with E-state index in [1.807, 2.05) is 6.92 Å². The van der Waals surface area contributed by atoms with Crippen molar-refractivity contribution in [3.63, 3.8) is 0 Å². The average Bonchev–Trinajstić information content (AvgIpc) is 2.40. The van der Waals surface area contributed by atoms with Gasteiger partial charge in [0.25, 0.3) is 0 Å². The predicted molar refractivity (Wildman–Crippen MR) is 81.4 cm³/mol. The van der Waals surface area contributed by atoms with E-state index in [0.717, 1.165) is 11.5 Å². The second-order valence-electron chi connectivity index (χ2n) is 5.67. The Morgan fingerprint density at radius 2 is 1.56 bits per heavy atom. The maximum absolute atomic E-state index is 4.27. The van der Waals surface area contributed by atoms with Gasteiger partial charge in [-0.3, -0.25) is 0 Å². The van der Waals surface area contributed by atoms with Crippen LogP contribution in [0.3, 0.4) is 0 Å². The van der Waals surface area contributed by atoms with Crippen LogP contribution < -0.4 is 0 Å². The van der Waals surface area contributed by atoms with Crippen LogP contribution in [0.1, 0.15) is 56.6 Å². The van der Waals surface area contributed by atoms with Gasteiger partial charge in [-0.25, -0.2) is 0 Å². The molecule has 1 fully saturated rings. The molecule has 18 heavy (non-hydrogen) atoms. The van der Waals surface area contributed by atoms with E-state index in [0.29, 0.717) is 0 Å². The Balaban J connectivity index is 1.97. The van der Waals surface area contributed by atoms with Crippen molar-refractivity contribution < 1.29 is 0 Å². The SMILES string of the molecule is C=C(C)c1ccc(C(=C)CC2CCCCC2)cc1. The summed E-state index contributed by atoms with van der Waals surface area (Å²) < 4.78 is 0. The lowest BCUT2D eigenvalue weighted by Crippen LogP contribution is -2.06. The van der Waals surface area contributed by atoms with E-state index < -0.39 is 0 Å². The van der Waals surface area contributed by atoms with E-state index in [2.05, 4.69) is 37.4 Å². The Hall–Kier alpha value is -1.30. The van der Waals surface area contributed by atoms with Crippen LogP contribution in [-0.2, 0) is 0 Å². The van der Waals surface area contributed by atoms with Crippen molar-refractivity contribution in [3.8, 4) is 0 Å². The van der Waals surface area contributed by atoms with Gasteiger partial charge in [0.1, 0.15) is 0 Å². The number of benzene rings is 1. The number of hydrogen-bond acceptors (Lipinski definition) is 0. The second-order valence-corrected chi connectivity index (χ2v) is 5.67. The minimum Gasteiger partial charge on any atom is -0.0955 e. The monoisotopic (exact) mass is 240 g/mol. The number of allylic oxidation sites excluding steroid dienone is 2. The van der Waals surface area contributed by atoms with Gasteiger partial charge in [-0.2, -0.15) is 0 Å². The first-order valence-corrected chi connectivity index (χ1v) is 7.11. The fourth-order valence-corrected chi connectivity index (χ4v) is 2.85. The minimum absolute atomic E-state index is 0.868. The van der Waals surface area contributed by atoms with E-state index in [1.165, 1.54) is 55.2 Å². The normalized spacial score (nSPS) is 16.5. The predicted octanol–water partition coefficient (Wildman–Crippen LogP) is 5.70. The molecular formula is C18H24. The summed E-state index contributed by atoms with van der Waals surface area (Å²) in [4.78, 5) is 0. The van der Waals surface area contributed by atoms with Crippen molar-refractivity contribution in [2.24, 2.45) is 5.92 Å². The standard InChI is InChI=1S/C18H24/c1-14(2)17-9-11-18(12-10-17)15(3)13-16-7-5-4-6-8-16/h9-12,16H,1,3-8,13H2,2H3. The smallest absolute Gasteiger partial charge is 0.0230 e. The zero-order valence-corrected chi connectivity index (χ0v) is 11.5. The molecule has 0 unspecified atom stereocenters. The molecule has 96 valence electrons. The number of rotatable bonds is 4. The first kappa shape index (κ1) is 13.1. The largest absolute Gasteiger partial charge is 0.0955 e. The van der Waals surface area contributed by atoms with Crippen LogP contribution in [0.4, 0.5) is 0 Å². The van der Waals surface area contributed by atoms with Gasteiger partial charge in [0.2, 0.25) is 0 Å². The van der Waals surface area contributed by atoms with E-state index in [-0.39, 0.29) is 0 Å². The molecule has 1 aliphatic rings. The number of hydrogen-bond donors (Lipinski definition) is 0. The van der Waals surface area contributed by atoms with Crippen molar-refractivity contribution in [1.82, 2.24) is 0 Å². The van der Waals surface area contributed by atoms with Crippen molar-refractivity contribution in [2.45, 2.75) is 45.4 Å². The van der Waals surface area contributed by atoms with Gasteiger partial charge >= 0.3 is 0 Å². The van der Waals surface area contributed by atoms with E-state index in [9.17, 15) is 0 Å². The first-order chi connectivity index (χ1) is 8.66. The molecule has 1 aromatic rings. The first-order valence-electron chi connectivity index (χ1n) is 7.11. The van der Waals surface area contributed by atoms with Crippen LogP contribution in [0, 0.1) is 5.92 Å². The molecule has 2 rings (SSSR count). The summed E-state index contributed by atoms with van der Waals surface area (Å²) >= 11 is 0. The van der Waals surface area contributed by atoms with Crippen LogP contribution in [-0.4, -0.2) is 0 Å². The molecule has 1 aromatic carbocycles. The molecule has 0 aliphatic heterocycles. The molecule has 0 saturated heterocycles. The third-order valence-electron chi connectivity index (χ3n) is 4.05. The van der Waals surface area contributed by atoms with Gasteiger partial charge in [0, 0.05) is 0 Å². The third-order valence-corrected chi connectivity index (χ3v) is 4.05. The molecular weight excluding hydrogens is 216 g/mol. The molecule has 0 radical (unpaired) electrons. The average molecular weight is 240 g/mol. The summed E-state index contributed by atoms with van der Waals surface area (Å²) in [5.41, 5.74) is 4.95. The van der Waals surface area contributed by atoms with Gasteiger partial charge in [-0.1, -0.05) is 75.1 Å². The van der Waals surface area contributed by atoms with Gasteiger partial charge in [-0.15, -0.1) is 0 Å². The van der Waals surface area contributed by atoms with Crippen molar-refractivity contribution >= 4 is 11.1 Å². The summed E-state index contributed by atoms with van der Waals surface area (Å²) in [6, 6.07) is 8.69.